The third-order valence-electron chi connectivity index (χ3n) is 7.24. The van der Waals surface area contributed by atoms with Crippen LogP contribution in [0, 0.1) is 30.1 Å². The Labute approximate surface area is 202 Å². The maximum absolute atomic E-state index is 13.2. The van der Waals surface area contributed by atoms with Crippen LogP contribution in [-0.2, 0) is 16.0 Å². The van der Waals surface area contributed by atoms with Crippen LogP contribution in [-0.4, -0.2) is 17.3 Å². The molecule has 0 radical (unpaired) electrons. The first-order valence-corrected chi connectivity index (χ1v) is 13.1. The van der Waals surface area contributed by atoms with E-state index in [-0.39, 0.29) is 46.9 Å². The predicted octanol–water partition coefficient (Wildman–Crippen LogP) is 7.66. The highest BCUT2D eigenvalue weighted by Crippen LogP contribution is 2.39. The van der Waals surface area contributed by atoms with Crippen LogP contribution in [0.4, 0.5) is 0 Å². The van der Waals surface area contributed by atoms with Gasteiger partial charge >= 0.3 is 0 Å². The molecule has 1 aliphatic carbocycles. The molecule has 0 saturated carbocycles. The highest BCUT2D eigenvalue weighted by molar-refractivity contribution is 6.01. The molecule has 1 aromatic carbocycles. The largest absolute Gasteiger partial charge is 0.299 e. The van der Waals surface area contributed by atoms with Crippen molar-refractivity contribution in [2.45, 2.75) is 113 Å². The normalized spacial score (nSPS) is 18.2. The highest BCUT2D eigenvalue weighted by Gasteiger charge is 2.34. The minimum Gasteiger partial charge on any atom is -0.299 e. The summed E-state index contributed by atoms with van der Waals surface area (Å²) in [5.74, 6) is 1.22. The molecule has 0 aromatic heterocycles. The molecule has 0 amide bonds. The topological polar surface area (TPSA) is 51.2 Å². The third kappa shape index (κ3) is 7.36. The Morgan fingerprint density at radius 1 is 1.09 bits per heavy atom. The van der Waals surface area contributed by atoms with E-state index in [2.05, 4.69) is 39.8 Å². The predicted molar refractivity (Wildman–Crippen MR) is 137 cm³/mol. The number of fused-ring (bicyclic) bond motifs is 1. The number of carbonyl (C=O) groups excluding carboxylic acids is 3. The number of aryl methyl sites for hydroxylation is 1. The van der Waals surface area contributed by atoms with Crippen molar-refractivity contribution < 1.29 is 14.4 Å². The first-order valence-electron chi connectivity index (χ1n) is 13.1. The molecule has 3 nitrogen and oxygen atoms in total. The van der Waals surface area contributed by atoms with Crippen LogP contribution in [0.25, 0.3) is 0 Å². The van der Waals surface area contributed by atoms with Crippen LogP contribution in [0.5, 0.6) is 0 Å². The van der Waals surface area contributed by atoms with Crippen molar-refractivity contribution in [3.05, 3.63) is 34.4 Å². The fourth-order valence-corrected chi connectivity index (χ4v) is 5.91. The lowest BCUT2D eigenvalue weighted by Crippen LogP contribution is -2.30. The first kappa shape index (κ1) is 27.5. The van der Waals surface area contributed by atoms with Crippen LogP contribution in [0.15, 0.2) is 12.1 Å². The molecule has 1 aromatic rings. The lowest BCUT2D eigenvalue weighted by atomic mass is 9.70. The third-order valence-corrected chi connectivity index (χ3v) is 7.24. The molecule has 3 heteroatoms. The van der Waals surface area contributed by atoms with E-state index in [4.69, 9.17) is 0 Å². The van der Waals surface area contributed by atoms with Gasteiger partial charge in [-0.2, -0.15) is 0 Å². The molecule has 0 bridgehead atoms. The first-order chi connectivity index (χ1) is 15.4. The van der Waals surface area contributed by atoms with E-state index >= 15 is 0 Å². The maximum atomic E-state index is 13.2. The molecule has 0 N–H and O–H groups in total. The summed E-state index contributed by atoms with van der Waals surface area (Å²) in [5.41, 5.74) is 4.46. The van der Waals surface area contributed by atoms with Gasteiger partial charge in [0.1, 0.15) is 11.6 Å². The molecule has 2 rings (SSSR count). The van der Waals surface area contributed by atoms with E-state index in [1.54, 1.807) is 0 Å². The lowest BCUT2D eigenvalue weighted by molar-refractivity contribution is -0.131. The molecular formula is C30H46O3. The Morgan fingerprint density at radius 2 is 1.76 bits per heavy atom. The molecule has 33 heavy (non-hydrogen) atoms. The quantitative estimate of drug-likeness (QED) is 0.322. The number of Topliss-reactive ketones (excluding diaryl/α,β-unsaturated/α-hetero) is 3. The van der Waals surface area contributed by atoms with E-state index in [0.29, 0.717) is 18.8 Å². The molecular weight excluding hydrogens is 408 g/mol. The molecule has 184 valence electrons. The van der Waals surface area contributed by atoms with Gasteiger partial charge in [0, 0.05) is 24.3 Å². The molecule has 0 spiro atoms. The Hall–Kier alpha value is -1.77. The summed E-state index contributed by atoms with van der Waals surface area (Å²) in [7, 11) is 0. The van der Waals surface area contributed by atoms with Crippen molar-refractivity contribution in [1.82, 2.24) is 0 Å². The Bertz CT molecular complexity index is 856. The second-order valence-corrected chi connectivity index (χ2v) is 11.9. The van der Waals surface area contributed by atoms with E-state index in [9.17, 15) is 14.4 Å². The highest BCUT2D eigenvalue weighted by atomic mass is 16.1. The number of ketones is 3. The summed E-state index contributed by atoms with van der Waals surface area (Å²) < 4.78 is 0. The zero-order valence-electron chi connectivity index (χ0n) is 22.3. The van der Waals surface area contributed by atoms with E-state index in [1.165, 1.54) is 11.1 Å². The van der Waals surface area contributed by atoms with Crippen molar-refractivity contribution in [3.63, 3.8) is 0 Å². The van der Waals surface area contributed by atoms with Gasteiger partial charge in [-0.1, -0.05) is 73.4 Å². The molecule has 0 saturated heterocycles. The molecule has 0 fully saturated rings. The zero-order valence-corrected chi connectivity index (χ0v) is 22.3. The zero-order chi connectivity index (χ0) is 24.9. The van der Waals surface area contributed by atoms with Crippen molar-refractivity contribution in [3.8, 4) is 0 Å². The van der Waals surface area contributed by atoms with E-state index in [1.807, 2.05) is 27.7 Å². The SMILES string of the molecule is CCCC(CC1CC(=O)c2c(C)ccc(C(C)C)c2C1)C(CC)C(=O)CC(=O)CC(C)(C)C. The fourth-order valence-electron chi connectivity index (χ4n) is 5.91. The molecule has 1 aliphatic rings. The second kappa shape index (κ2) is 11.6. The van der Waals surface area contributed by atoms with E-state index in [0.717, 1.165) is 43.2 Å². The Morgan fingerprint density at radius 3 is 2.30 bits per heavy atom. The number of carbonyl (C=O) groups is 3. The number of rotatable bonds is 11. The number of hydrogen-bond donors (Lipinski definition) is 0. The summed E-state index contributed by atoms with van der Waals surface area (Å²) in [6, 6.07) is 4.28. The second-order valence-electron chi connectivity index (χ2n) is 11.9. The summed E-state index contributed by atoms with van der Waals surface area (Å²) in [4.78, 5) is 38.9. The molecule has 3 unspecified atom stereocenters. The van der Waals surface area contributed by atoms with E-state index < -0.39 is 0 Å². The van der Waals surface area contributed by atoms with Crippen molar-refractivity contribution in [2.75, 3.05) is 0 Å². The van der Waals surface area contributed by atoms with Gasteiger partial charge < -0.3 is 0 Å². The van der Waals surface area contributed by atoms with Gasteiger partial charge in [-0.15, -0.1) is 0 Å². The number of hydrogen-bond acceptors (Lipinski definition) is 3. The Balaban J connectivity index is 2.22. The summed E-state index contributed by atoms with van der Waals surface area (Å²) in [6.07, 6.45) is 5.63. The van der Waals surface area contributed by atoms with Crippen molar-refractivity contribution in [2.24, 2.45) is 23.2 Å². The minimum atomic E-state index is -0.0933. The van der Waals surface area contributed by atoms with Crippen LogP contribution < -0.4 is 0 Å². The van der Waals surface area contributed by atoms with Gasteiger partial charge in [-0.3, -0.25) is 14.4 Å². The monoisotopic (exact) mass is 454 g/mol. The van der Waals surface area contributed by atoms with Gasteiger partial charge in [-0.05, 0) is 66.0 Å². The van der Waals surface area contributed by atoms with Crippen molar-refractivity contribution >= 4 is 17.3 Å². The average Bonchev–Trinajstić information content (AvgIpc) is 2.66. The van der Waals surface area contributed by atoms with Crippen LogP contribution in [0.1, 0.15) is 126 Å². The fraction of sp³-hybridized carbons (Fsp3) is 0.700. The summed E-state index contributed by atoms with van der Waals surface area (Å²) >= 11 is 0. The summed E-state index contributed by atoms with van der Waals surface area (Å²) in [5, 5.41) is 0. The molecule has 0 heterocycles. The molecule has 0 aliphatic heterocycles. The van der Waals surface area contributed by atoms with Crippen molar-refractivity contribution in [1.29, 1.82) is 0 Å². The standard InChI is InChI=1S/C30H46O3/c1-9-11-22(24(10-2)27(32)17-23(31)18-30(6,7)8)14-21-15-26-25(19(3)4)13-12-20(5)29(26)28(33)16-21/h12-13,19,21-22,24H,9-11,14-18H2,1-8H3. The Kier molecular flexibility index (Phi) is 9.64. The van der Waals surface area contributed by atoms with Gasteiger partial charge in [0.15, 0.2) is 5.78 Å². The average molecular weight is 455 g/mol. The number of benzene rings is 1. The smallest absolute Gasteiger partial charge is 0.163 e. The maximum Gasteiger partial charge on any atom is 0.163 e. The minimum absolute atomic E-state index is 0.0547. The van der Waals surface area contributed by atoms with Gasteiger partial charge in [0.25, 0.3) is 0 Å². The van der Waals surface area contributed by atoms with Gasteiger partial charge in [0.05, 0.1) is 6.42 Å². The van der Waals surface area contributed by atoms with Crippen LogP contribution in [0.2, 0.25) is 0 Å². The van der Waals surface area contributed by atoms with Crippen LogP contribution >= 0.6 is 0 Å². The van der Waals surface area contributed by atoms with Gasteiger partial charge in [0.2, 0.25) is 0 Å². The van der Waals surface area contributed by atoms with Gasteiger partial charge in [-0.25, -0.2) is 0 Å². The summed E-state index contributed by atoms with van der Waals surface area (Å²) in [6.45, 7) is 16.8. The lowest BCUT2D eigenvalue weighted by Gasteiger charge is -2.33. The van der Waals surface area contributed by atoms with Crippen LogP contribution in [0.3, 0.4) is 0 Å². The molecule has 3 atom stereocenters.